The summed E-state index contributed by atoms with van der Waals surface area (Å²) in [5, 5.41) is 16.4. The maximum atomic E-state index is 11.9. The molecule has 1 atom stereocenters. The Labute approximate surface area is 126 Å². The number of hydrogen-bond donors (Lipinski definition) is 2. The second-order valence-corrected chi connectivity index (χ2v) is 6.40. The van der Waals surface area contributed by atoms with Gasteiger partial charge in [0.1, 0.15) is 11.4 Å². The van der Waals surface area contributed by atoms with Crippen molar-refractivity contribution in [3.8, 4) is 0 Å². The first-order chi connectivity index (χ1) is 9.60. The molecule has 0 aliphatic rings. The van der Waals surface area contributed by atoms with Gasteiger partial charge in [0.2, 0.25) is 0 Å². The fraction of sp³-hybridized carbons (Fsp3) is 0.733. The van der Waals surface area contributed by atoms with Crippen LogP contribution in [0.2, 0.25) is 0 Å². The van der Waals surface area contributed by atoms with E-state index in [1.807, 2.05) is 27.7 Å². The summed E-state index contributed by atoms with van der Waals surface area (Å²) in [6.45, 7) is 9.16. The van der Waals surface area contributed by atoms with Crippen molar-refractivity contribution in [3.05, 3.63) is 11.3 Å². The van der Waals surface area contributed by atoms with Crippen molar-refractivity contribution in [3.63, 3.8) is 0 Å². The molecule has 0 bridgehead atoms. The Morgan fingerprint density at radius 3 is 2.62 bits per heavy atom. The van der Waals surface area contributed by atoms with Crippen molar-refractivity contribution >= 4 is 11.9 Å². The Morgan fingerprint density at radius 2 is 2.10 bits per heavy atom. The Balaban J connectivity index is 2.79. The lowest BCUT2D eigenvalue weighted by Crippen LogP contribution is -2.28. The summed E-state index contributed by atoms with van der Waals surface area (Å²) in [7, 11) is 1.79. The molecule has 0 unspecified atom stereocenters. The minimum absolute atomic E-state index is 0.316. The number of nitrogens with one attached hydrogen (secondary N) is 1. The van der Waals surface area contributed by atoms with E-state index in [-0.39, 0.29) is 6.10 Å². The third kappa shape index (κ3) is 5.75. The predicted octanol–water partition coefficient (Wildman–Crippen LogP) is 2.78. The predicted molar refractivity (Wildman–Crippen MR) is 82.4 cm³/mol. The van der Waals surface area contributed by atoms with Crippen LogP contribution in [-0.2, 0) is 18.2 Å². The van der Waals surface area contributed by atoms with Crippen LogP contribution >= 0.6 is 0 Å². The minimum Gasteiger partial charge on any atom is -0.444 e. The minimum atomic E-state index is -0.537. The molecule has 1 aromatic heterocycles. The summed E-state index contributed by atoms with van der Waals surface area (Å²) in [6, 6.07) is 0. The van der Waals surface area contributed by atoms with Crippen LogP contribution in [0.4, 0.5) is 10.6 Å². The van der Waals surface area contributed by atoms with Crippen molar-refractivity contribution < 1.29 is 14.6 Å². The van der Waals surface area contributed by atoms with Gasteiger partial charge in [-0.2, -0.15) is 5.10 Å². The number of aliphatic hydroxyl groups excluding tert-OH is 1. The van der Waals surface area contributed by atoms with Crippen LogP contribution in [0.1, 0.15) is 51.8 Å². The Kier molecular flexibility index (Phi) is 5.78. The molecule has 1 rings (SSSR count). The molecule has 0 spiro atoms. The molecule has 1 amide bonds. The maximum Gasteiger partial charge on any atom is 0.413 e. The van der Waals surface area contributed by atoms with E-state index in [1.54, 1.807) is 18.7 Å². The normalized spacial score (nSPS) is 13.1. The smallest absolute Gasteiger partial charge is 0.413 e. The van der Waals surface area contributed by atoms with Crippen LogP contribution < -0.4 is 5.32 Å². The van der Waals surface area contributed by atoms with E-state index in [2.05, 4.69) is 10.4 Å². The van der Waals surface area contributed by atoms with Gasteiger partial charge in [0.05, 0.1) is 11.8 Å². The molecule has 1 heterocycles. The fourth-order valence-electron chi connectivity index (χ4n) is 2.13. The van der Waals surface area contributed by atoms with E-state index in [1.165, 1.54) is 0 Å². The zero-order valence-corrected chi connectivity index (χ0v) is 13.9. The van der Waals surface area contributed by atoms with Gasteiger partial charge in [0.25, 0.3) is 0 Å². The number of aryl methyl sites for hydroxylation is 2. The van der Waals surface area contributed by atoms with Gasteiger partial charge >= 0.3 is 6.09 Å². The highest BCUT2D eigenvalue weighted by atomic mass is 16.6. The summed E-state index contributed by atoms with van der Waals surface area (Å²) in [5.41, 5.74) is 1.34. The molecule has 0 saturated heterocycles. The van der Waals surface area contributed by atoms with Crippen molar-refractivity contribution in [2.45, 2.75) is 65.6 Å². The van der Waals surface area contributed by atoms with Gasteiger partial charge in [0, 0.05) is 12.6 Å². The zero-order chi connectivity index (χ0) is 16.2. The fourth-order valence-corrected chi connectivity index (χ4v) is 2.13. The number of carbonyl (C=O) groups is 1. The number of carbonyl (C=O) groups excluding carboxylic acids is 1. The molecule has 1 aromatic rings. The molecule has 0 fully saturated rings. The van der Waals surface area contributed by atoms with Gasteiger partial charge in [-0.3, -0.25) is 10.00 Å². The first-order valence-electron chi connectivity index (χ1n) is 7.30. The van der Waals surface area contributed by atoms with Crippen molar-refractivity contribution in [1.82, 2.24) is 9.78 Å². The number of amides is 1. The van der Waals surface area contributed by atoms with Gasteiger partial charge in [-0.05, 0) is 53.9 Å². The average Bonchev–Trinajstić information content (AvgIpc) is 2.52. The number of ether oxygens (including phenoxy) is 1. The van der Waals surface area contributed by atoms with Gasteiger partial charge < -0.3 is 9.84 Å². The highest BCUT2D eigenvalue weighted by Crippen LogP contribution is 2.22. The number of nitrogens with zero attached hydrogens (tertiary/aromatic N) is 2. The number of hydrogen-bond acceptors (Lipinski definition) is 4. The highest BCUT2D eigenvalue weighted by Gasteiger charge is 2.20. The molecule has 6 nitrogen and oxygen atoms in total. The second-order valence-electron chi connectivity index (χ2n) is 6.40. The number of anilines is 1. The SMILES string of the molecule is Cc1nn(C)c(NC(=O)OC(C)(C)C)c1CCC[C@H](C)O. The lowest BCUT2D eigenvalue weighted by molar-refractivity contribution is 0.0634. The molecule has 0 saturated carbocycles. The van der Waals surface area contributed by atoms with Crippen molar-refractivity contribution in [2.24, 2.45) is 7.05 Å². The number of aromatic nitrogens is 2. The van der Waals surface area contributed by atoms with Crippen LogP contribution in [-0.4, -0.2) is 32.7 Å². The van der Waals surface area contributed by atoms with Crippen LogP contribution in [0, 0.1) is 6.92 Å². The largest absolute Gasteiger partial charge is 0.444 e. The number of aliphatic hydroxyl groups is 1. The van der Waals surface area contributed by atoms with Crippen LogP contribution in [0.15, 0.2) is 0 Å². The maximum absolute atomic E-state index is 11.9. The van der Waals surface area contributed by atoms with E-state index >= 15 is 0 Å². The summed E-state index contributed by atoms with van der Waals surface area (Å²) < 4.78 is 6.92. The van der Waals surface area contributed by atoms with Gasteiger partial charge in [-0.25, -0.2) is 4.79 Å². The Morgan fingerprint density at radius 1 is 1.48 bits per heavy atom. The monoisotopic (exact) mass is 297 g/mol. The molecule has 6 heteroatoms. The van der Waals surface area contributed by atoms with E-state index in [4.69, 9.17) is 4.74 Å². The summed E-state index contributed by atoms with van der Waals surface area (Å²) >= 11 is 0. The topological polar surface area (TPSA) is 76.4 Å². The first-order valence-corrected chi connectivity index (χ1v) is 7.30. The molecular weight excluding hydrogens is 270 g/mol. The lowest BCUT2D eigenvalue weighted by Gasteiger charge is -2.20. The molecule has 0 aromatic carbocycles. The third-order valence-electron chi connectivity index (χ3n) is 3.01. The van der Waals surface area contributed by atoms with E-state index in [9.17, 15) is 9.90 Å². The van der Waals surface area contributed by atoms with Crippen molar-refractivity contribution in [2.75, 3.05) is 5.32 Å². The van der Waals surface area contributed by atoms with Gasteiger partial charge in [-0.1, -0.05) is 0 Å². The third-order valence-corrected chi connectivity index (χ3v) is 3.01. The number of rotatable bonds is 5. The first kappa shape index (κ1) is 17.5. The standard InChI is InChI=1S/C15H27N3O3/c1-10(19)8-7-9-12-11(2)17-18(6)13(12)16-14(20)21-15(3,4)5/h10,19H,7-9H2,1-6H3,(H,16,20)/t10-/m0/s1. The molecule has 0 aliphatic carbocycles. The van der Waals surface area contributed by atoms with Gasteiger partial charge in [0.15, 0.2) is 0 Å². The summed E-state index contributed by atoms with van der Waals surface area (Å²) in [6.07, 6.45) is 1.52. The van der Waals surface area contributed by atoms with Crippen LogP contribution in [0.5, 0.6) is 0 Å². The van der Waals surface area contributed by atoms with E-state index in [0.717, 1.165) is 30.5 Å². The van der Waals surface area contributed by atoms with Crippen LogP contribution in [0.25, 0.3) is 0 Å². The van der Waals surface area contributed by atoms with Crippen LogP contribution in [0.3, 0.4) is 0 Å². The van der Waals surface area contributed by atoms with Gasteiger partial charge in [-0.15, -0.1) is 0 Å². The summed E-state index contributed by atoms with van der Waals surface area (Å²) in [5.74, 6) is 0.660. The Hall–Kier alpha value is -1.56. The highest BCUT2D eigenvalue weighted by molar-refractivity contribution is 5.85. The lowest BCUT2D eigenvalue weighted by atomic mass is 10.1. The molecule has 21 heavy (non-hydrogen) atoms. The zero-order valence-electron chi connectivity index (χ0n) is 13.9. The Bertz CT molecular complexity index is 487. The van der Waals surface area contributed by atoms with E-state index < -0.39 is 11.7 Å². The molecule has 120 valence electrons. The van der Waals surface area contributed by atoms with E-state index in [0.29, 0.717) is 5.82 Å². The average molecular weight is 297 g/mol. The molecule has 0 aliphatic heterocycles. The van der Waals surface area contributed by atoms with Crippen molar-refractivity contribution in [1.29, 1.82) is 0 Å². The second kappa shape index (κ2) is 6.93. The summed E-state index contributed by atoms with van der Waals surface area (Å²) in [4.78, 5) is 11.9. The molecule has 0 radical (unpaired) electrons. The molecule has 2 N–H and O–H groups in total. The quantitative estimate of drug-likeness (QED) is 0.876. The molecular formula is C15H27N3O3.